The van der Waals surface area contributed by atoms with Gasteiger partial charge >= 0.3 is 6.03 Å². The second kappa shape index (κ2) is 9.15. The maximum absolute atomic E-state index is 13.2. The van der Waals surface area contributed by atoms with Crippen LogP contribution in [0.5, 0.6) is 5.75 Å². The standard InChI is InChI=1S/C23H26FN3O3/c24-19-7-3-8-20(12-19)26-23(29)25-13-16-5-4-10-27(14-16)22(28)18-11-17-6-1-2-9-21(17)30-15-18/h1-3,6-9,12,16,18H,4-5,10-11,13-15H2,(H2,25,26,29). The summed E-state index contributed by atoms with van der Waals surface area (Å²) in [6.07, 6.45) is 2.56. The first-order valence-electron chi connectivity index (χ1n) is 10.4. The highest BCUT2D eigenvalue weighted by Crippen LogP contribution is 2.28. The van der Waals surface area contributed by atoms with E-state index in [1.54, 1.807) is 12.1 Å². The number of fused-ring (bicyclic) bond motifs is 1. The van der Waals surface area contributed by atoms with Crippen molar-refractivity contribution in [3.8, 4) is 5.75 Å². The number of nitrogens with zero attached hydrogens (tertiary/aromatic N) is 1. The predicted octanol–water partition coefficient (Wildman–Crippen LogP) is 3.44. The number of piperidine rings is 1. The van der Waals surface area contributed by atoms with Gasteiger partial charge in [-0.05, 0) is 55.0 Å². The summed E-state index contributed by atoms with van der Waals surface area (Å²) >= 11 is 0. The number of carbonyl (C=O) groups is 2. The second-order valence-electron chi connectivity index (χ2n) is 7.96. The van der Waals surface area contributed by atoms with Gasteiger partial charge in [0.05, 0.1) is 5.92 Å². The number of ether oxygens (including phenoxy) is 1. The summed E-state index contributed by atoms with van der Waals surface area (Å²) in [6.45, 7) is 2.24. The third kappa shape index (κ3) is 4.90. The maximum atomic E-state index is 13.2. The highest BCUT2D eigenvalue weighted by Gasteiger charge is 2.32. The van der Waals surface area contributed by atoms with Crippen molar-refractivity contribution in [1.82, 2.24) is 10.2 Å². The van der Waals surface area contributed by atoms with E-state index in [0.717, 1.165) is 30.7 Å². The van der Waals surface area contributed by atoms with Crippen LogP contribution in [0.1, 0.15) is 18.4 Å². The Hall–Kier alpha value is -3.09. The Kier molecular flexibility index (Phi) is 6.16. The minimum absolute atomic E-state index is 0.124. The van der Waals surface area contributed by atoms with Gasteiger partial charge < -0.3 is 20.3 Å². The van der Waals surface area contributed by atoms with Gasteiger partial charge in [0, 0.05) is 25.3 Å². The first kappa shape index (κ1) is 20.2. The van der Waals surface area contributed by atoms with Crippen LogP contribution in [0.25, 0.3) is 0 Å². The van der Waals surface area contributed by atoms with E-state index in [2.05, 4.69) is 10.6 Å². The number of anilines is 1. The van der Waals surface area contributed by atoms with Crippen molar-refractivity contribution < 1.29 is 18.7 Å². The summed E-state index contributed by atoms with van der Waals surface area (Å²) in [4.78, 5) is 27.0. The Morgan fingerprint density at radius 3 is 2.90 bits per heavy atom. The predicted molar refractivity (Wildman–Crippen MR) is 112 cm³/mol. The molecule has 2 aliphatic rings. The Morgan fingerprint density at radius 1 is 1.17 bits per heavy atom. The van der Waals surface area contributed by atoms with Crippen LogP contribution in [0.2, 0.25) is 0 Å². The summed E-state index contributed by atoms with van der Waals surface area (Å²) in [5.41, 5.74) is 1.48. The molecule has 30 heavy (non-hydrogen) atoms. The average Bonchev–Trinajstić information content (AvgIpc) is 2.77. The van der Waals surface area contributed by atoms with E-state index < -0.39 is 5.82 Å². The van der Waals surface area contributed by atoms with E-state index in [4.69, 9.17) is 4.74 Å². The van der Waals surface area contributed by atoms with E-state index in [0.29, 0.717) is 31.8 Å². The molecule has 2 aromatic carbocycles. The molecule has 0 bridgehead atoms. The van der Waals surface area contributed by atoms with E-state index >= 15 is 0 Å². The zero-order chi connectivity index (χ0) is 20.9. The SMILES string of the molecule is O=C(NCC1CCCN(C(=O)C2COc3ccccc3C2)C1)Nc1cccc(F)c1. The molecule has 6 nitrogen and oxygen atoms in total. The lowest BCUT2D eigenvalue weighted by Crippen LogP contribution is -2.48. The maximum Gasteiger partial charge on any atom is 0.319 e. The van der Waals surface area contributed by atoms with Gasteiger partial charge in [0.2, 0.25) is 5.91 Å². The number of nitrogens with one attached hydrogen (secondary N) is 2. The molecule has 0 saturated carbocycles. The van der Waals surface area contributed by atoms with Crippen LogP contribution in [0.4, 0.5) is 14.9 Å². The molecule has 0 aromatic heterocycles. The summed E-state index contributed by atoms with van der Waals surface area (Å²) in [5.74, 6) is 0.620. The van der Waals surface area contributed by atoms with Gasteiger partial charge in [-0.25, -0.2) is 9.18 Å². The van der Waals surface area contributed by atoms with E-state index in [1.807, 2.05) is 29.2 Å². The molecular formula is C23H26FN3O3. The minimum atomic E-state index is -0.399. The fourth-order valence-corrected chi connectivity index (χ4v) is 4.16. The van der Waals surface area contributed by atoms with E-state index in [-0.39, 0.29) is 23.8 Å². The van der Waals surface area contributed by atoms with Crippen molar-refractivity contribution in [2.75, 3.05) is 31.6 Å². The molecule has 3 amide bonds. The zero-order valence-corrected chi connectivity index (χ0v) is 16.8. The van der Waals surface area contributed by atoms with Gasteiger partial charge in [-0.3, -0.25) is 4.79 Å². The van der Waals surface area contributed by atoms with Crippen molar-refractivity contribution in [3.63, 3.8) is 0 Å². The van der Waals surface area contributed by atoms with Crippen LogP contribution in [-0.2, 0) is 11.2 Å². The Labute approximate surface area is 175 Å². The molecule has 2 aromatic rings. The second-order valence-corrected chi connectivity index (χ2v) is 7.96. The number of rotatable bonds is 4. The highest BCUT2D eigenvalue weighted by atomic mass is 19.1. The molecule has 1 saturated heterocycles. The fourth-order valence-electron chi connectivity index (χ4n) is 4.16. The van der Waals surface area contributed by atoms with Gasteiger partial charge in [0.25, 0.3) is 0 Å². The third-order valence-electron chi connectivity index (χ3n) is 5.69. The lowest BCUT2D eigenvalue weighted by Gasteiger charge is -2.36. The minimum Gasteiger partial charge on any atom is -0.492 e. The number of benzene rings is 2. The van der Waals surface area contributed by atoms with Crippen molar-refractivity contribution >= 4 is 17.6 Å². The van der Waals surface area contributed by atoms with Gasteiger partial charge in [-0.2, -0.15) is 0 Å². The summed E-state index contributed by atoms with van der Waals surface area (Å²) in [7, 11) is 0. The van der Waals surface area contributed by atoms with Gasteiger partial charge in [-0.1, -0.05) is 24.3 Å². The van der Waals surface area contributed by atoms with Crippen molar-refractivity contribution in [2.24, 2.45) is 11.8 Å². The Bertz CT molecular complexity index is 920. The van der Waals surface area contributed by atoms with Gasteiger partial charge in [0.15, 0.2) is 0 Å². The Balaban J connectivity index is 1.27. The number of urea groups is 1. The molecular weight excluding hydrogens is 385 g/mol. The lowest BCUT2D eigenvalue weighted by molar-refractivity contribution is -0.138. The van der Waals surface area contributed by atoms with Crippen LogP contribution in [0, 0.1) is 17.7 Å². The number of para-hydroxylation sites is 1. The molecule has 0 aliphatic carbocycles. The molecule has 4 rings (SSSR count). The molecule has 0 spiro atoms. The number of carbonyl (C=O) groups excluding carboxylic acids is 2. The third-order valence-corrected chi connectivity index (χ3v) is 5.69. The topological polar surface area (TPSA) is 70.7 Å². The van der Waals surface area contributed by atoms with Crippen LogP contribution >= 0.6 is 0 Å². The monoisotopic (exact) mass is 411 g/mol. The smallest absolute Gasteiger partial charge is 0.319 e. The molecule has 2 atom stereocenters. The quantitative estimate of drug-likeness (QED) is 0.810. The van der Waals surface area contributed by atoms with Crippen LogP contribution in [-0.4, -0.2) is 43.1 Å². The van der Waals surface area contributed by atoms with Crippen molar-refractivity contribution in [3.05, 3.63) is 59.9 Å². The average molecular weight is 411 g/mol. The normalized spacial score (nSPS) is 20.6. The number of amides is 3. The first-order chi connectivity index (χ1) is 14.6. The number of hydrogen-bond acceptors (Lipinski definition) is 3. The van der Waals surface area contributed by atoms with E-state index in [9.17, 15) is 14.0 Å². The Morgan fingerprint density at radius 2 is 2.03 bits per heavy atom. The lowest BCUT2D eigenvalue weighted by atomic mass is 9.92. The molecule has 2 aliphatic heterocycles. The molecule has 0 radical (unpaired) electrons. The summed E-state index contributed by atoms with van der Waals surface area (Å²) < 4.78 is 19.0. The molecule has 2 unspecified atom stereocenters. The zero-order valence-electron chi connectivity index (χ0n) is 16.8. The van der Waals surface area contributed by atoms with Crippen LogP contribution in [0.15, 0.2) is 48.5 Å². The fraction of sp³-hybridized carbons (Fsp3) is 0.391. The van der Waals surface area contributed by atoms with Gasteiger partial charge in [-0.15, -0.1) is 0 Å². The number of likely N-dealkylation sites (tertiary alicyclic amines) is 1. The largest absolute Gasteiger partial charge is 0.492 e. The highest BCUT2D eigenvalue weighted by molar-refractivity contribution is 5.89. The van der Waals surface area contributed by atoms with Crippen molar-refractivity contribution in [1.29, 1.82) is 0 Å². The molecule has 2 heterocycles. The molecule has 7 heteroatoms. The van der Waals surface area contributed by atoms with Gasteiger partial charge in [0.1, 0.15) is 18.2 Å². The van der Waals surface area contributed by atoms with Crippen LogP contribution in [0.3, 0.4) is 0 Å². The molecule has 158 valence electrons. The molecule has 1 fully saturated rings. The van der Waals surface area contributed by atoms with Crippen LogP contribution < -0.4 is 15.4 Å². The number of hydrogen-bond donors (Lipinski definition) is 2. The van der Waals surface area contributed by atoms with Crippen molar-refractivity contribution in [2.45, 2.75) is 19.3 Å². The number of halogens is 1. The first-order valence-corrected chi connectivity index (χ1v) is 10.4. The summed E-state index contributed by atoms with van der Waals surface area (Å²) in [5, 5.41) is 5.47. The summed E-state index contributed by atoms with van der Waals surface area (Å²) in [6, 6.07) is 13.2. The molecule has 2 N–H and O–H groups in total. The van der Waals surface area contributed by atoms with E-state index in [1.165, 1.54) is 12.1 Å².